The van der Waals surface area contributed by atoms with Crippen molar-refractivity contribution < 1.29 is 14.6 Å². The van der Waals surface area contributed by atoms with Gasteiger partial charge in [-0.2, -0.15) is 0 Å². The van der Waals surface area contributed by atoms with Crippen molar-refractivity contribution in [2.45, 2.75) is 32.0 Å². The van der Waals surface area contributed by atoms with Gasteiger partial charge in [0.15, 0.2) is 0 Å². The number of aromatic nitrogens is 1. The SMILES string of the molecule is Cc1cc(C(=O)NCC2(O)CCOC2C)cc(Cl)n1. The van der Waals surface area contributed by atoms with Crippen LogP contribution in [-0.2, 0) is 4.74 Å². The molecular weight excluding hydrogens is 268 g/mol. The van der Waals surface area contributed by atoms with E-state index < -0.39 is 5.60 Å². The second-order valence-electron chi connectivity index (χ2n) is 4.87. The average molecular weight is 285 g/mol. The van der Waals surface area contributed by atoms with Crippen molar-refractivity contribution in [1.82, 2.24) is 10.3 Å². The van der Waals surface area contributed by atoms with Gasteiger partial charge in [0.2, 0.25) is 0 Å². The maximum Gasteiger partial charge on any atom is 0.251 e. The van der Waals surface area contributed by atoms with Crippen LogP contribution >= 0.6 is 11.6 Å². The van der Waals surface area contributed by atoms with Gasteiger partial charge in [0.1, 0.15) is 10.8 Å². The number of ether oxygens (including phenoxy) is 1. The number of carbonyl (C=O) groups is 1. The number of carbonyl (C=O) groups excluding carboxylic acids is 1. The molecule has 0 saturated carbocycles. The van der Waals surface area contributed by atoms with Crippen LogP contribution in [0, 0.1) is 6.92 Å². The number of pyridine rings is 1. The number of aliphatic hydroxyl groups is 1. The molecule has 1 amide bonds. The number of hydrogen-bond donors (Lipinski definition) is 2. The number of nitrogens with one attached hydrogen (secondary N) is 1. The molecule has 2 N–H and O–H groups in total. The minimum atomic E-state index is -0.998. The average Bonchev–Trinajstić information content (AvgIpc) is 2.66. The van der Waals surface area contributed by atoms with Gasteiger partial charge in [0.05, 0.1) is 6.10 Å². The molecule has 0 aromatic carbocycles. The monoisotopic (exact) mass is 284 g/mol. The van der Waals surface area contributed by atoms with Crippen molar-refractivity contribution in [1.29, 1.82) is 0 Å². The second-order valence-corrected chi connectivity index (χ2v) is 5.26. The maximum absolute atomic E-state index is 12.0. The summed E-state index contributed by atoms with van der Waals surface area (Å²) in [6, 6.07) is 3.16. The largest absolute Gasteiger partial charge is 0.385 e. The first-order valence-electron chi connectivity index (χ1n) is 6.17. The van der Waals surface area contributed by atoms with Crippen LogP contribution in [0.1, 0.15) is 29.4 Å². The van der Waals surface area contributed by atoms with Crippen molar-refractivity contribution in [3.05, 3.63) is 28.5 Å². The summed E-state index contributed by atoms with van der Waals surface area (Å²) in [5, 5.41) is 13.3. The third kappa shape index (κ3) is 3.23. The van der Waals surface area contributed by atoms with Crippen molar-refractivity contribution >= 4 is 17.5 Å². The Labute approximate surface area is 116 Å². The number of hydrogen-bond acceptors (Lipinski definition) is 4. The van der Waals surface area contributed by atoms with Gasteiger partial charge in [-0.25, -0.2) is 4.98 Å². The standard InChI is InChI=1S/C13H17ClN2O3/c1-8-5-10(6-11(14)16-8)12(17)15-7-13(18)3-4-19-9(13)2/h5-6,9,18H,3-4,7H2,1-2H3,(H,15,17). The van der Waals surface area contributed by atoms with E-state index in [0.29, 0.717) is 24.3 Å². The van der Waals surface area contributed by atoms with Crippen LogP contribution in [0.5, 0.6) is 0 Å². The Balaban J connectivity index is 2.01. The van der Waals surface area contributed by atoms with Gasteiger partial charge >= 0.3 is 0 Å². The highest BCUT2D eigenvalue weighted by atomic mass is 35.5. The molecule has 0 aliphatic carbocycles. The maximum atomic E-state index is 12.0. The van der Waals surface area contributed by atoms with Crippen molar-refractivity contribution in [2.24, 2.45) is 0 Å². The summed E-state index contributed by atoms with van der Waals surface area (Å²) in [6.45, 7) is 4.23. The highest BCUT2D eigenvalue weighted by molar-refractivity contribution is 6.29. The van der Waals surface area contributed by atoms with Crippen molar-refractivity contribution in [2.75, 3.05) is 13.2 Å². The topological polar surface area (TPSA) is 71.5 Å². The Morgan fingerprint density at radius 1 is 1.68 bits per heavy atom. The highest BCUT2D eigenvalue weighted by Gasteiger charge is 2.39. The molecule has 2 heterocycles. The summed E-state index contributed by atoms with van der Waals surface area (Å²) in [7, 11) is 0. The zero-order valence-corrected chi connectivity index (χ0v) is 11.7. The Morgan fingerprint density at radius 3 is 3.00 bits per heavy atom. The quantitative estimate of drug-likeness (QED) is 0.821. The van der Waals surface area contributed by atoms with Crippen LogP contribution in [0.4, 0.5) is 0 Å². The Morgan fingerprint density at radius 2 is 2.42 bits per heavy atom. The van der Waals surface area contributed by atoms with E-state index in [0.717, 1.165) is 0 Å². The molecule has 19 heavy (non-hydrogen) atoms. The summed E-state index contributed by atoms with van der Waals surface area (Å²) in [4.78, 5) is 16.0. The van der Waals surface area contributed by atoms with E-state index in [-0.39, 0.29) is 23.7 Å². The molecule has 0 spiro atoms. The van der Waals surface area contributed by atoms with Crippen LogP contribution in [-0.4, -0.2) is 40.9 Å². The van der Waals surface area contributed by atoms with Gasteiger partial charge < -0.3 is 15.2 Å². The first kappa shape index (κ1) is 14.2. The number of nitrogens with zero attached hydrogens (tertiary/aromatic N) is 1. The predicted octanol–water partition coefficient (Wildman–Crippen LogP) is 1.31. The number of aryl methyl sites for hydroxylation is 1. The molecule has 2 unspecified atom stereocenters. The van der Waals surface area contributed by atoms with Crippen LogP contribution in [0.3, 0.4) is 0 Å². The Kier molecular flexibility index (Phi) is 4.08. The molecule has 2 atom stereocenters. The molecule has 0 radical (unpaired) electrons. The fraction of sp³-hybridized carbons (Fsp3) is 0.538. The first-order chi connectivity index (χ1) is 8.90. The van der Waals surface area contributed by atoms with Gasteiger partial charge in [-0.15, -0.1) is 0 Å². The predicted molar refractivity (Wildman–Crippen MR) is 71.3 cm³/mol. The van der Waals surface area contributed by atoms with E-state index in [1.807, 2.05) is 0 Å². The van der Waals surface area contributed by atoms with E-state index in [4.69, 9.17) is 16.3 Å². The first-order valence-corrected chi connectivity index (χ1v) is 6.55. The van der Waals surface area contributed by atoms with Crippen molar-refractivity contribution in [3.63, 3.8) is 0 Å². The smallest absolute Gasteiger partial charge is 0.251 e. The molecule has 1 aliphatic rings. The molecule has 5 nitrogen and oxygen atoms in total. The molecule has 1 aromatic heterocycles. The molecule has 104 valence electrons. The summed E-state index contributed by atoms with van der Waals surface area (Å²) in [5.74, 6) is -0.278. The zero-order valence-electron chi connectivity index (χ0n) is 10.9. The molecule has 1 aromatic rings. The van der Waals surface area contributed by atoms with Gasteiger partial charge in [-0.05, 0) is 26.0 Å². The Hall–Kier alpha value is -1.17. The normalized spacial score (nSPS) is 26.4. The summed E-state index contributed by atoms with van der Waals surface area (Å²) < 4.78 is 5.31. The second kappa shape index (κ2) is 5.45. The fourth-order valence-corrected chi connectivity index (χ4v) is 2.35. The van der Waals surface area contributed by atoms with Crippen LogP contribution in [0.25, 0.3) is 0 Å². The van der Waals surface area contributed by atoms with Gasteiger partial charge in [0, 0.05) is 30.8 Å². The summed E-state index contributed by atoms with van der Waals surface area (Å²) >= 11 is 5.81. The lowest BCUT2D eigenvalue weighted by Gasteiger charge is -2.26. The van der Waals surface area contributed by atoms with E-state index in [1.54, 1.807) is 19.9 Å². The van der Waals surface area contributed by atoms with E-state index >= 15 is 0 Å². The van der Waals surface area contributed by atoms with Gasteiger partial charge in [0.25, 0.3) is 5.91 Å². The highest BCUT2D eigenvalue weighted by Crippen LogP contribution is 2.24. The molecule has 1 saturated heterocycles. The minimum Gasteiger partial charge on any atom is -0.385 e. The van der Waals surface area contributed by atoms with Gasteiger partial charge in [-0.3, -0.25) is 4.79 Å². The van der Waals surface area contributed by atoms with E-state index in [9.17, 15) is 9.90 Å². The van der Waals surface area contributed by atoms with E-state index in [2.05, 4.69) is 10.3 Å². The molecule has 2 rings (SSSR count). The number of amides is 1. The number of rotatable bonds is 3. The van der Waals surface area contributed by atoms with Crippen LogP contribution < -0.4 is 5.32 Å². The lowest BCUT2D eigenvalue weighted by atomic mass is 9.96. The fourth-order valence-electron chi connectivity index (χ4n) is 2.10. The van der Waals surface area contributed by atoms with E-state index in [1.165, 1.54) is 6.07 Å². The third-order valence-electron chi connectivity index (χ3n) is 3.40. The molecule has 0 bridgehead atoms. The lowest BCUT2D eigenvalue weighted by molar-refractivity contribution is -0.0251. The van der Waals surface area contributed by atoms with Crippen LogP contribution in [0.2, 0.25) is 5.15 Å². The zero-order chi connectivity index (χ0) is 14.0. The lowest BCUT2D eigenvalue weighted by Crippen LogP contribution is -2.47. The molecule has 6 heteroatoms. The van der Waals surface area contributed by atoms with Crippen molar-refractivity contribution in [3.8, 4) is 0 Å². The van der Waals surface area contributed by atoms with Gasteiger partial charge in [-0.1, -0.05) is 11.6 Å². The molecule has 1 aliphatic heterocycles. The van der Waals surface area contributed by atoms with Crippen LogP contribution in [0.15, 0.2) is 12.1 Å². The number of halogens is 1. The summed E-state index contributed by atoms with van der Waals surface area (Å²) in [5.41, 5.74) is 0.114. The molecule has 1 fully saturated rings. The third-order valence-corrected chi connectivity index (χ3v) is 3.59. The summed E-state index contributed by atoms with van der Waals surface area (Å²) in [6.07, 6.45) is 0.237. The minimum absolute atomic E-state index is 0.159. The Bertz CT molecular complexity index is 475. The molecular formula is C13H17ClN2O3.